The minimum atomic E-state index is -1.25. The Balaban J connectivity index is 1.36. The number of rotatable bonds is 6. The number of nitrogens with zero attached hydrogens (tertiary/aromatic N) is 4. The fourth-order valence-electron chi connectivity index (χ4n) is 6.20. The molecule has 3 heterocycles. The number of hydrogen-bond acceptors (Lipinski definition) is 7. The Hall–Kier alpha value is -3.59. The van der Waals surface area contributed by atoms with E-state index in [-0.39, 0.29) is 57.2 Å². The van der Waals surface area contributed by atoms with E-state index in [2.05, 4.69) is 15.3 Å². The number of methoxy groups -OCH3 is 1. The molecule has 2 aliphatic heterocycles. The standard InChI is InChI=1S/C33H31ClF4IN5O3/c1-33(2,3)47-32(45)44-17-7-8-18(44)15-43(14-17)30-20-11-22(35)24(27(37)29(20)41-31(38)42-30)25-26(36)23(12-21(34)28(25)39)40-13-16-5-9-19(46-4)10-6-16/h5-6,9-12,17-18,40H,7-8,13-15H2,1-4H3/t17-,18+. The Morgan fingerprint density at radius 1 is 1.02 bits per heavy atom. The van der Waals surface area contributed by atoms with Gasteiger partial charge >= 0.3 is 12.2 Å². The van der Waals surface area contributed by atoms with Crippen LogP contribution in [0.1, 0.15) is 39.2 Å². The maximum atomic E-state index is 16.3. The summed E-state index contributed by atoms with van der Waals surface area (Å²) in [4.78, 5) is 23.9. The summed E-state index contributed by atoms with van der Waals surface area (Å²) in [7, 11) is 1.54. The van der Waals surface area contributed by atoms with Crippen LogP contribution in [0.4, 0.5) is 33.9 Å². The Morgan fingerprint density at radius 3 is 2.30 bits per heavy atom. The largest absolute Gasteiger partial charge is 0.497 e. The van der Waals surface area contributed by atoms with E-state index in [9.17, 15) is 9.18 Å². The fourth-order valence-corrected chi connectivity index (χ4v) is 7.07. The lowest BCUT2D eigenvalue weighted by Gasteiger charge is -2.42. The van der Waals surface area contributed by atoms with Crippen LogP contribution in [0.15, 0.2) is 36.4 Å². The number of carbonyl (C=O) groups is 1. The molecule has 14 heteroatoms. The zero-order valence-electron chi connectivity index (χ0n) is 25.9. The van der Waals surface area contributed by atoms with Crippen LogP contribution in [0.25, 0.3) is 22.0 Å². The summed E-state index contributed by atoms with van der Waals surface area (Å²) in [6.45, 7) is 6.03. The first-order valence-corrected chi connectivity index (χ1v) is 16.4. The summed E-state index contributed by atoms with van der Waals surface area (Å²) < 4.78 is 74.2. The molecule has 0 aliphatic carbocycles. The van der Waals surface area contributed by atoms with Gasteiger partial charge in [0, 0.05) is 34.2 Å². The number of hydrogen-bond donors (Lipinski definition) is 1. The summed E-state index contributed by atoms with van der Waals surface area (Å²) in [6.07, 6.45) is -0.310. The molecule has 0 radical (unpaired) electrons. The molecule has 2 atom stereocenters. The van der Waals surface area contributed by atoms with Crippen LogP contribution < -0.4 is 15.0 Å². The minimum absolute atomic E-state index is 0.0132. The van der Waals surface area contributed by atoms with E-state index in [0.717, 1.165) is 11.6 Å². The van der Waals surface area contributed by atoms with Crippen LogP contribution in [0.2, 0.25) is 5.02 Å². The molecule has 2 fully saturated rings. The van der Waals surface area contributed by atoms with Crippen LogP contribution in [0.3, 0.4) is 0 Å². The van der Waals surface area contributed by atoms with Crippen molar-refractivity contribution in [2.75, 3.05) is 30.4 Å². The van der Waals surface area contributed by atoms with Crippen molar-refractivity contribution in [1.82, 2.24) is 14.9 Å². The van der Waals surface area contributed by atoms with Crippen molar-refractivity contribution < 1.29 is 31.8 Å². The molecule has 1 aromatic heterocycles. The second-order valence-electron chi connectivity index (χ2n) is 12.5. The third kappa shape index (κ3) is 6.48. The number of halogens is 6. The van der Waals surface area contributed by atoms with E-state index in [1.165, 1.54) is 6.07 Å². The molecule has 0 saturated carbocycles. The molecule has 47 heavy (non-hydrogen) atoms. The molecule has 3 aromatic carbocycles. The van der Waals surface area contributed by atoms with E-state index in [1.54, 1.807) is 84.5 Å². The average molecular weight is 784 g/mol. The van der Waals surface area contributed by atoms with E-state index in [4.69, 9.17) is 21.1 Å². The van der Waals surface area contributed by atoms with Crippen LogP contribution >= 0.6 is 34.2 Å². The molecule has 8 nitrogen and oxygen atoms in total. The molecule has 1 N–H and O–H groups in total. The Labute approximate surface area is 287 Å². The van der Waals surface area contributed by atoms with Crippen molar-refractivity contribution in [2.24, 2.45) is 0 Å². The highest BCUT2D eigenvalue weighted by Gasteiger charge is 2.45. The lowest BCUT2D eigenvalue weighted by molar-refractivity contribution is 0.0122. The second-order valence-corrected chi connectivity index (χ2v) is 14.0. The van der Waals surface area contributed by atoms with Gasteiger partial charge in [0.1, 0.15) is 28.5 Å². The lowest BCUT2D eigenvalue weighted by atomic mass is 10.00. The predicted octanol–water partition coefficient (Wildman–Crippen LogP) is 8.32. The minimum Gasteiger partial charge on any atom is -0.497 e. The molecule has 248 valence electrons. The van der Waals surface area contributed by atoms with Crippen LogP contribution in [-0.4, -0.2) is 58.8 Å². The van der Waals surface area contributed by atoms with Gasteiger partial charge in [-0.05, 0) is 86.0 Å². The summed E-state index contributed by atoms with van der Waals surface area (Å²) in [6, 6.07) is 8.88. The summed E-state index contributed by atoms with van der Waals surface area (Å²) >= 11 is 8.16. The zero-order chi connectivity index (χ0) is 33.8. The van der Waals surface area contributed by atoms with E-state index in [1.807, 2.05) is 0 Å². The smallest absolute Gasteiger partial charge is 0.410 e. The topological polar surface area (TPSA) is 79.8 Å². The highest BCUT2D eigenvalue weighted by atomic mass is 127. The second kappa shape index (κ2) is 12.8. The van der Waals surface area contributed by atoms with Gasteiger partial charge in [-0.1, -0.05) is 23.7 Å². The Kier molecular flexibility index (Phi) is 9.07. The maximum Gasteiger partial charge on any atom is 0.410 e. The Bertz CT molecular complexity index is 1860. The van der Waals surface area contributed by atoms with Crippen molar-refractivity contribution in [3.8, 4) is 16.9 Å². The molecule has 4 aromatic rings. The monoisotopic (exact) mass is 783 g/mol. The van der Waals surface area contributed by atoms with Crippen molar-refractivity contribution in [1.29, 1.82) is 0 Å². The van der Waals surface area contributed by atoms with Crippen LogP contribution in [0, 0.1) is 27.1 Å². The molecule has 6 rings (SSSR count). The van der Waals surface area contributed by atoms with Crippen LogP contribution in [-0.2, 0) is 11.3 Å². The normalized spacial score (nSPS) is 17.7. The van der Waals surface area contributed by atoms with Crippen molar-refractivity contribution in [2.45, 2.75) is 57.8 Å². The van der Waals surface area contributed by atoms with Gasteiger partial charge in [0.25, 0.3) is 0 Å². The van der Waals surface area contributed by atoms with E-state index >= 15 is 13.2 Å². The predicted molar refractivity (Wildman–Crippen MR) is 180 cm³/mol. The third-order valence-electron chi connectivity index (χ3n) is 8.27. The maximum absolute atomic E-state index is 16.3. The van der Waals surface area contributed by atoms with Gasteiger partial charge in [-0.25, -0.2) is 18.0 Å². The number of ether oxygens (including phenoxy) is 2. The van der Waals surface area contributed by atoms with E-state index < -0.39 is 51.9 Å². The van der Waals surface area contributed by atoms with Crippen molar-refractivity contribution in [3.63, 3.8) is 0 Å². The van der Waals surface area contributed by atoms with Gasteiger partial charge in [-0.15, -0.1) is 0 Å². The number of aromatic nitrogens is 2. The molecular formula is C33H31ClF4IN5O3. The molecular weight excluding hydrogens is 753 g/mol. The summed E-state index contributed by atoms with van der Waals surface area (Å²) in [5.74, 6) is -2.64. The van der Waals surface area contributed by atoms with Gasteiger partial charge in [-0.3, -0.25) is 4.90 Å². The number of amides is 1. The Morgan fingerprint density at radius 2 is 1.68 bits per heavy atom. The molecule has 1 amide bonds. The third-order valence-corrected chi connectivity index (χ3v) is 10.0. The quantitative estimate of drug-likeness (QED) is 0.0913. The molecule has 2 bridgehead atoms. The number of carbonyl (C=O) groups excluding carboxylic acids is 1. The van der Waals surface area contributed by atoms with Crippen molar-refractivity contribution >= 4 is 62.7 Å². The number of anilines is 2. The first kappa shape index (κ1) is 33.3. The van der Waals surface area contributed by atoms with Gasteiger partial charge in [0.15, 0.2) is 11.6 Å². The van der Waals surface area contributed by atoms with Gasteiger partial charge in [-0.2, -0.15) is 14.4 Å². The molecule has 0 spiro atoms. The average Bonchev–Trinajstić information content (AvgIpc) is 3.29. The highest BCUT2D eigenvalue weighted by molar-refractivity contribution is 14.1. The first-order valence-electron chi connectivity index (χ1n) is 14.9. The van der Waals surface area contributed by atoms with Gasteiger partial charge in [0.2, 0.25) is 0 Å². The molecule has 2 aliphatic rings. The number of benzene rings is 3. The SMILES string of the molecule is COc1ccc(CNc2cc(Cl)c(I)c(-c3c(F)cc4c(N5C[C@H]6CC[C@@H](C5)N6C(=O)OC(C)(C)C)nc(F)nc4c3F)c2F)cc1. The number of nitrogens with one attached hydrogen (secondary N) is 1. The summed E-state index contributed by atoms with van der Waals surface area (Å²) in [5, 5.41) is 2.93. The van der Waals surface area contributed by atoms with E-state index in [0.29, 0.717) is 18.6 Å². The van der Waals surface area contributed by atoms with Gasteiger partial charge < -0.3 is 19.7 Å². The number of fused-ring (bicyclic) bond motifs is 3. The summed E-state index contributed by atoms with van der Waals surface area (Å²) in [5.41, 5.74) is -1.61. The first-order chi connectivity index (χ1) is 22.3. The lowest BCUT2D eigenvalue weighted by Crippen LogP contribution is -2.57. The molecule has 0 unspecified atom stereocenters. The number of piperazine rings is 1. The van der Waals surface area contributed by atoms with Crippen molar-refractivity contribution in [3.05, 3.63) is 74.1 Å². The van der Waals surface area contributed by atoms with Crippen LogP contribution in [0.5, 0.6) is 5.75 Å². The van der Waals surface area contributed by atoms with Gasteiger partial charge in [0.05, 0.1) is 35.5 Å². The highest BCUT2D eigenvalue weighted by Crippen LogP contribution is 2.43. The molecule has 2 saturated heterocycles. The zero-order valence-corrected chi connectivity index (χ0v) is 28.8. The fraction of sp³-hybridized carbons (Fsp3) is 0.364.